The van der Waals surface area contributed by atoms with Gasteiger partial charge in [-0.1, -0.05) is 42.5 Å². The van der Waals surface area contributed by atoms with Crippen LogP contribution in [0.15, 0.2) is 102 Å². The van der Waals surface area contributed by atoms with Gasteiger partial charge in [0.25, 0.3) is 11.6 Å². The zero-order chi connectivity index (χ0) is 27.9. The summed E-state index contributed by atoms with van der Waals surface area (Å²) in [7, 11) is 0. The van der Waals surface area contributed by atoms with E-state index in [0.717, 1.165) is 11.1 Å². The van der Waals surface area contributed by atoms with E-state index in [4.69, 9.17) is 0 Å². The molecule has 0 aliphatic heterocycles. The van der Waals surface area contributed by atoms with Crippen LogP contribution in [-0.4, -0.2) is 27.8 Å². The maximum Gasteiger partial charge on any atom is 0.335 e. The van der Waals surface area contributed by atoms with Gasteiger partial charge in [0.05, 0.1) is 10.5 Å². The van der Waals surface area contributed by atoms with Crippen LogP contribution in [0.1, 0.15) is 37.1 Å². The quantitative estimate of drug-likeness (QED) is 0.128. The number of thioether (sulfide) groups is 1. The number of amides is 2. The maximum absolute atomic E-state index is 13.5. The molecule has 4 aromatic carbocycles. The fourth-order valence-corrected chi connectivity index (χ4v) is 4.79. The molecule has 4 aromatic rings. The lowest BCUT2D eigenvalue weighted by Gasteiger charge is -2.19. The van der Waals surface area contributed by atoms with Crippen molar-refractivity contribution >= 4 is 46.6 Å². The lowest BCUT2D eigenvalue weighted by Crippen LogP contribution is -2.20. The topological polar surface area (TPSA) is 139 Å². The molecule has 0 saturated heterocycles. The van der Waals surface area contributed by atoms with Gasteiger partial charge >= 0.3 is 5.97 Å². The highest BCUT2D eigenvalue weighted by atomic mass is 32.2. The van der Waals surface area contributed by atoms with Gasteiger partial charge in [-0.05, 0) is 60.5 Å². The first kappa shape index (κ1) is 27.1. The number of rotatable bonds is 9. The van der Waals surface area contributed by atoms with Crippen molar-refractivity contribution in [1.82, 2.24) is 0 Å². The minimum atomic E-state index is -1.09. The lowest BCUT2D eigenvalue weighted by atomic mass is 10.1. The molecule has 0 saturated carbocycles. The van der Waals surface area contributed by atoms with E-state index in [9.17, 15) is 29.6 Å². The smallest absolute Gasteiger partial charge is 0.335 e. The zero-order valence-corrected chi connectivity index (χ0v) is 21.5. The van der Waals surface area contributed by atoms with E-state index >= 15 is 0 Å². The predicted molar refractivity (Wildman–Crippen MR) is 149 cm³/mol. The second kappa shape index (κ2) is 12.1. The van der Waals surface area contributed by atoms with Gasteiger partial charge in [-0.3, -0.25) is 19.7 Å². The molecule has 0 aliphatic rings. The summed E-state index contributed by atoms with van der Waals surface area (Å²) in [6, 6.07) is 26.0. The van der Waals surface area contributed by atoms with Crippen LogP contribution in [-0.2, 0) is 4.79 Å². The highest BCUT2D eigenvalue weighted by molar-refractivity contribution is 8.00. The Kier molecular flexibility index (Phi) is 8.37. The van der Waals surface area contributed by atoms with Crippen molar-refractivity contribution in [3.05, 3.63) is 129 Å². The van der Waals surface area contributed by atoms with Crippen molar-refractivity contribution in [3.8, 4) is 0 Å². The Morgan fingerprint density at radius 1 is 0.846 bits per heavy atom. The molecule has 0 bridgehead atoms. The SMILES string of the molecule is Cc1ccc(C(=O)O)cc1NC(=O)C(Sc1cccc(NC(=O)c2ccc([N+](=O)[O-])cc2)c1)c1ccccc1. The maximum atomic E-state index is 13.5. The second-order valence-corrected chi connectivity index (χ2v) is 9.70. The summed E-state index contributed by atoms with van der Waals surface area (Å²) in [5.41, 5.74) is 2.58. The van der Waals surface area contributed by atoms with Gasteiger partial charge in [-0.25, -0.2) is 4.79 Å². The normalized spacial score (nSPS) is 11.3. The van der Waals surface area contributed by atoms with Crippen molar-refractivity contribution in [2.75, 3.05) is 10.6 Å². The number of carboxylic acid groups (broad SMARTS) is 1. The number of nitrogens with one attached hydrogen (secondary N) is 2. The second-order valence-electron chi connectivity index (χ2n) is 8.52. The van der Waals surface area contributed by atoms with Crippen LogP contribution >= 0.6 is 11.8 Å². The predicted octanol–water partition coefficient (Wildman–Crippen LogP) is 6.33. The summed E-state index contributed by atoms with van der Waals surface area (Å²) in [6.45, 7) is 1.78. The van der Waals surface area contributed by atoms with Crippen molar-refractivity contribution in [1.29, 1.82) is 0 Å². The van der Waals surface area contributed by atoms with Crippen LogP contribution in [0.4, 0.5) is 17.1 Å². The molecule has 0 fully saturated rings. The minimum absolute atomic E-state index is 0.0660. The van der Waals surface area contributed by atoms with Gasteiger partial charge in [-0.2, -0.15) is 0 Å². The number of anilines is 2. The molecule has 2 amide bonds. The van der Waals surface area contributed by atoms with Crippen LogP contribution < -0.4 is 10.6 Å². The number of nitro benzene ring substituents is 1. The Labute approximate surface area is 228 Å². The minimum Gasteiger partial charge on any atom is -0.478 e. The van der Waals surface area contributed by atoms with Crippen molar-refractivity contribution < 1.29 is 24.4 Å². The first-order valence-corrected chi connectivity index (χ1v) is 12.6. The average Bonchev–Trinajstić information content (AvgIpc) is 2.93. The van der Waals surface area contributed by atoms with E-state index < -0.39 is 22.0 Å². The molecule has 9 nitrogen and oxygen atoms in total. The standard InChI is InChI=1S/C29H23N3O6S/c1-18-10-11-21(29(35)36)16-25(18)31-28(34)26(19-6-3-2-4-7-19)39-24-9-5-8-22(17-24)30-27(33)20-12-14-23(15-13-20)32(37)38/h2-17,26H,1H3,(H,30,33)(H,31,34)(H,35,36). The number of benzene rings is 4. The van der Waals surface area contributed by atoms with Crippen LogP contribution in [0.5, 0.6) is 0 Å². The van der Waals surface area contributed by atoms with Gasteiger partial charge in [0.2, 0.25) is 5.91 Å². The van der Waals surface area contributed by atoms with E-state index in [-0.39, 0.29) is 22.7 Å². The van der Waals surface area contributed by atoms with Crippen LogP contribution in [0.3, 0.4) is 0 Å². The number of carboxylic acids is 1. The van der Waals surface area contributed by atoms with E-state index in [1.807, 2.05) is 36.4 Å². The van der Waals surface area contributed by atoms with Gasteiger partial charge < -0.3 is 15.7 Å². The summed E-state index contributed by atoms with van der Waals surface area (Å²) in [4.78, 5) is 48.6. The molecule has 0 radical (unpaired) electrons. The van der Waals surface area contributed by atoms with Gasteiger partial charge in [0, 0.05) is 34.0 Å². The largest absolute Gasteiger partial charge is 0.478 e. The molecule has 0 spiro atoms. The Morgan fingerprint density at radius 3 is 2.21 bits per heavy atom. The molecule has 0 aliphatic carbocycles. The van der Waals surface area contributed by atoms with Gasteiger partial charge in [0.1, 0.15) is 5.25 Å². The number of nitro groups is 1. The first-order chi connectivity index (χ1) is 18.7. The lowest BCUT2D eigenvalue weighted by molar-refractivity contribution is -0.384. The highest BCUT2D eigenvalue weighted by Crippen LogP contribution is 2.37. The Bertz CT molecular complexity index is 1540. The first-order valence-electron chi connectivity index (χ1n) is 11.7. The van der Waals surface area contributed by atoms with Crippen LogP contribution in [0.25, 0.3) is 0 Å². The number of aromatic carboxylic acids is 1. The third kappa shape index (κ3) is 6.88. The van der Waals surface area contributed by atoms with Crippen LogP contribution in [0, 0.1) is 17.0 Å². The molecule has 196 valence electrons. The number of aryl methyl sites for hydroxylation is 1. The van der Waals surface area contributed by atoms with Crippen molar-refractivity contribution in [2.45, 2.75) is 17.1 Å². The number of carbonyl (C=O) groups is 3. The number of hydrogen-bond donors (Lipinski definition) is 3. The molecule has 4 rings (SSSR count). The molecule has 1 atom stereocenters. The summed E-state index contributed by atoms with van der Waals surface area (Å²) < 4.78 is 0. The van der Waals surface area contributed by atoms with E-state index in [1.165, 1.54) is 48.2 Å². The Hall–Kier alpha value is -4.96. The Morgan fingerprint density at radius 2 is 1.54 bits per heavy atom. The summed E-state index contributed by atoms with van der Waals surface area (Å²) in [5.74, 6) is -1.86. The number of hydrogen-bond acceptors (Lipinski definition) is 6. The fourth-order valence-electron chi connectivity index (χ4n) is 3.71. The molecule has 1 unspecified atom stereocenters. The van der Waals surface area contributed by atoms with Gasteiger partial charge in [0.15, 0.2) is 0 Å². The molecule has 3 N–H and O–H groups in total. The third-order valence-electron chi connectivity index (χ3n) is 5.77. The molecular formula is C29H23N3O6S. The zero-order valence-electron chi connectivity index (χ0n) is 20.7. The van der Waals surface area contributed by atoms with E-state index in [1.54, 1.807) is 31.2 Å². The summed E-state index contributed by atoms with van der Waals surface area (Å²) >= 11 is 1.27. The third-order valence-corrected chi connectivity index (χ3v) is 7.02. The number of nitrogens with zero attached hydrogens (tertiary/aromatic N) is 1. The fraction of sp³-hybridized carbons (Fsp3) is 0.0690. The van der Waals surface area contributed by atoms with E-state index in [2.05, 4.69) is 10.6 Å². The monoisotopic (exact) mass is 541 g/mol. The van der Waals surface area contributed by atoms with Crippen molar-refractivity contribution in [3.63, 3.8) is 0 Å². The average molecular weight is 542 g/mol. The summed E-state index contributed by atoms with van der Waals surface area (Å²) in [5, 5.41) is 25.2. The van der Waals surface area contributed by atoms with Gasteiger partial charge in [-0.15, -0.1) is 11.8 Å². The molecule has 0 heterocycles. The van der Waals surface area contributed by atoms with E-state index in [0.29, 0.717) is 16.3 Å². The highest BCUT2D eigenvalue weighted by Gasteiger charge is 2.23. The van der Waals surface area contributed by atoms with Crippen LogP contribution in [0.2, 0.25) is 0 Å². The number of carbonyl (C=O) groups excluding carboxylic acids is 2. The van der Waals surface area contributed by atoms with Crippen molar-refractivity contribution in [2.24, 2.45) is 0 Å². The number of non-ortho nitro benzene ring substituents is 1. The molecule has 10 heteroatoms. The summed E-state index contributed by atoms with van der Waals surface area (Å²) in [6.07, 6.45) is 0. The molecule has 39 heavy (non-hydrogen) atoms. The molecular weight excluding hydrogens is 518 g/mol. The molecule has 0 aromatic heterocycles. The Balaban J connectivity index is 1.55.